The summed E-state index contributed by atoms with van der Waals surface area (Å²) in [6.07, 6.45) is 0.909. The molecule has 3 rings (SSSR count). The minimum atomic E-state index is -0.947. The van der Waals surface area contributed by atoms with Crippen LogP contribution in [-0.4, -0.2) is 42.9 Å². The zero-order valence-corrected chi connectivity index (χ0v) is 12.8. The van der Waals surface area contributed by atoms with Crippen LogP contribution in [0.4, 0.5) is 0 Å². The zero-order chi connectivity index (χ0) is 15.9. The van der Waals surface area contributed by atoms with Gasteiger partial charge in [0.25, 0.3) is 0 Å². The van der Waals surface area contributed by atoms with Gasteiger partial charge in [0.1, 0.15) is 5.57 Å². The van der Waals surface area contributed by atoms with E-state index >= 15 is 0 Å². The summed E-state index contributed by atoms with van der Waals surface area (Å²) in [7, 11) is 5.15. The van der Waals surface area contributed by atoms with E-state index in [1.54, 1.807) is 5.06 Å². The topological polar surface area (TPSA) is 59.0 Å². The van der Waals surface area contributed by atoms with Crippen LogP contribution in [0, 0.1) is 13.8 Å². The SMILES string of the molecule is [B]ON1CCC2(CC1)OC(=O)C(c1cc(C)ccc1C)=C2O. The zero-order valence-electron chi connectivity index (χ0n) is 12.8. The summed E-state index contributed by atoms with van der Waals surface area (Å²) in [5.41, 5.74) is 2.03. The van der Waals surface area contributed by atoms with Crippen molar-refractivity contribution in [1.29, 1.82) is 0 Å². The number of aliphatic hydroxyl groups is 1. The first-order valence-corrected chi connectivity index (χ1v) is 7.33. The van der Waals surface area contributed by atoms with Gasteiger partial charge in [-0.3, -0.25) is 0 Å². The maximum atomic E-state index is 12.4. The van der Waals surface area contributed by atoms with E-state index in [4.69, 9.17) is 17.5 Å². The molecule has 1 spiro atoms. The number of nitrogens with zero attached hydrogens (tertiary/aromatic N) is 1. The third-order valence-corrected chi connectivity index (χ3v) is 4.50. The molecule has 2 radical (unpaired) electrons. The van der Waals surface area contributed by atoms with E-state index in [0.29, 0.717) is 25.9 Å². The van der Waals surface area contributed by atoms with Crippen molar-refractivity contribution in [2.45, 2.75) is 32.3 Å². The van der Waals surface area contributed by atoms with Gasteiger partial charge in [-0.25, -0.2) is 9.86 Å². The molecule has 0 aliphatic carbocycles. The molecule has 0 aromatic heterocycles. The van der Waals surface area contributed by atoms with Crippen molar-refractivity contribution in [3.8, 4) is 0 Å². The lowest BCUT2D eigenvalue weighted by atomic mass is 9.87. The normalized spacial score (nSPS) is 21.5. The number of carbonyl (C=O) groups excluding carboxylic acids is 1. The lowest BCUT2D eigenvalue weighted by Crippen LogP contribution is -2.45. The Morgan fingerprint density at radius 1 is 1.32 bits per heavy atom. The first kappa shape index (κ1) is 15.1. The Bertz CT molecular complexity index is 648. The van der Waals surface area contributed by atoms with Gasteiger partial charge in [-0.15, -0.1) is 0 Å². The molecule has 1 aromatic rings. The first-order valence-electron chi connectivity index (χ1n) is 7.33. The van der Waals surface area contributed by atoms with Crippen LogP contribution in [0.5, 0.6) is 0 Å². The fraction of sp³-hybridized carbons (Fsp3) is 0.438. The standard InChI is InChI=1S/C16H18BNO4/c1-10-3-4-11(2)12(9-10)13-14(19)16(21-15(13)20)5-7-18(22-17)8-6-16/h3-4,9,19H,5-8H2,1-2H3. The molecule has 22 heavy (non-hydrogen) atoms. The van der Waals surface area contributed by atoms with E-state index in [2.05, 4.69) is 0 Å². The minimum absolute atomic E-state index is 0.0304. The van der Waals surface area contributed by atoms with Crippen LogP contribution in [0.3, 0.4) is 0 Å². The molecular formula is C16H18BNO4. The highest BCUT2D eigenvalue weighted by molar-refractivity contribution is 6.20. The maximum Gasteiger partial charge on any atom is 0.343 e. The number of carbonyl (C=O) groups is 1. The fourth-order valence-corrected chi connectivity index (χ4v) is 3.14. The summed E-state index contributed by atoms with van der Waals surface area (Å²) in [6, 6.07) is 5.82. The minimum Gasteiger partial charge on any atom is -0.507 e. The number of piperidine rings is 1. The summed E-state index contributed by atoms with van der Waals surface area (Å²) in [4.78, 5) is 12.4. The van der Waals surface area contributed by atoms with Crippen molar-refractivity contribution in [3.63, 3.8) is 0 Å². The highest BCUT2D eigenvalue weighted by Crippen LogP contribution is 2.43. The van der Waals surface area contributed by atoms with E-state index in [9.17, 15) is 9.90 Å². The summed E-state index contributed by atoms with van der Waals surface area (Å²) in [5, 5.41) is 12.3. The van der Waals surface area contributed by atoms with Crippen LogP contribution in [0.25, 0.3) is 5.57 Å². The number of esters is 1. The van der Waals surface area contributed by atoms with Gasteiger partial charge in [-0.05, 0) is 25.0 Å². The van der Waals surface area contributed by atoms with Crippen molar-refractivity contribution in [2.75, 3.05) is 13.1 Å². The Labute approximate surface area is 130 Å². The Morgan fingerprint density at radius 3 is 2.64 bits per heavy atom. The van der Waals surface area contributed by atoms with Gasteiger partial charge >= 0.3 is 14.0 Å². The van der Waals surface area contributed by atoms with Crippen LogP contribution < -0.4 is 0 Å². The number of aryl methyl sites for hydroxylation is 2. The second-order valence-corrected chi connectivity index (χ2v) is 5.96. The Hall–Kier alpha value is -1.79. The monoisotopic (exact) mass is 299 g/mol. The van der Waals surface area contributed by atoms with E-state index in [1.807, 2.05) is 32.0 Å². The number of hydrogen-bond donors (Lipinski definition) is 1. The quantitative estimate of drug-likeness (QED) is 0.668. The van der Waals surface area contributed by atoms with E-state index < -0.39 is 11.6 Å². The molecule has 2 heterocycles. The molecule has 0 saturated carbocycles. The molecule has 1 fully saturated rings. The molecule has 2 aliphatic heterocycles. The number of rotatable bonds is 2. The van der Waals surface area contributed by atoms with E-state index in [0.717, 1.165) is 16.7 Å². The predicted octanol–water partition coefficient (Wildman–Crippen LogP) is 1.98. The lowest BCUT2D eigenvalue weighted by molar-refractivity contribution is -0.161. The molecule has 0 unspecified atom stereocenters. The molecule has 1 saturated heterocycles. The summed E-state index contributed by atoms with van der Waals surface area (Å²) >= 11 is 0. The van der Waals surface area contributed by atoms with Gasteiger partial charge in [-0.1, -0.05) is 23.8 Å². The fourth-order valence-electron chi connectivity index (χ4n) is 3.14. The Balaban J connectivity index is 2.00. The molecule has 114 valence electrons. The number of hydroxylamine groups is 2. The Kier molecular flexibility index (Phi) is 3.74. The van der Waals surface area contributed by atoms with Crippen LogP contribution in [0.15, 0.2) is 24.0 Å². The molecule has 0 atom stereocenters. The number of hydrogen-bond acceptors (Lipinski definition) is 5. The molecular weight excluding hydrogens is 281 g/mol. The molecule has 0 bridgehead atoms. The molecule has 6 heteroatoms. The van der Waals surface area contributed by atoms with Crippen molar-refractivity contribution in [3.05, 3.63) is 40.6 Å². The molecule has 1 N–H and O–H groups in total. The predicted molar refractivity (Wildman–Crippen MR) is 81.9 cm³/mol. The average molecular weight is 299 g/mol. The van der Waals surface area contributed by atoms with Gasteiger partial charge in [0.05, 0.1) is 0 Å². The van der Waals surface area contributed by atoms with Gasteiger partial charge in [0.2, 0.25) is 0 Å². The van der Waals surface area contributed by atoms with Gasteiger partial charge in [0.15, 0.2) is 11.4 Å². The largest absolute Gasteiger partial charge is 0.507 e. The van der Waals surface area contributed by atoms with Crippen molar-refractivity contribution < 1.29 is 19.4 Å². The smallest absolute Gasteiger partial charge is 0.343 e. The van der Waals surface area contributed by atoms with Gasteiger partial charge in [0, 0.05) is 25.9 Å². The summed E-state index contributed by atoms with van der Waals surface area (Å²) in [6.45, 7) is 4.85. The number of ether oxygens (including phenoxy) is 1. The second kappa shape index (κ2) is 5.45. The van der Waals surface area contributed by atoms with Crippen LogP contribution >= 0.6 is 0 Å². The second-order valence-electron chi connectivity index (χ2n) is 5.96. The number of aliphatic hydroxyl groups excluding tert-OH is 1. The molecule has 2 aliphatic rings. The molecule has 1 aromatic carbocycles. The average Bonchev–Trinajstić information content (AvgIpc) is 2.74. The van der Waals surface area contributed by atoms with Gasteiger partial charge in [-0.2, -0.15) is 0 Å². The Morgan fingerprint density at radius 2 is 2.00 bits per heavy atom. The van der Waals surface area contributed by atoms with Crippen LogP contribution in [0.2, 0.25) is 0 Å². The number of benzene rings is 1. The van der Waals surface area contributed by atoms with Crippen molar-refractivity contribution in [1.82, 2.24) is 5.06 Å². The van der Waals surface area contributed by atoms with E-state index in [-0.39, 0.29) is 11.3 Å². The summed E-state index contributed by atoms with van der Waals surface area (Å²) in [5.74, 6) is -0.434. The maximum absolute atomic E-state index is 12.4. The van der Waals surface area contributed by atoms with Crippen LogP contribution in [0.1, 0.15) is 29.5 Å². The first-order chi connectivity index (χ1) is 10.5. The van der Waals surface area contributed by atoms with Gasteiger partial charge < -0.3 is 14.6 Å². The lowest BCUT2D eigenvalue weighted by Gasteiger charge is -2.37. The van der Waals surface area contributed by atoms with E-state index in [1.165, 1.54) is 0 Å². The molecule has 5 nitrogen and oxygen atoms in total. The van der Waals surface area contributed by atoms with Crippen LogP contribution in [-0.2, 0) is 14.3 Å². The third kappa shape index (κ3) is 2.32. The van der Waals surface area contributed by atoms with Crippen molar-refractivity contribution >= 4 is 19.6 Å². The summed E-state index contributed by atoms with van der Waals surface area (Å²) < 4.78 is 10.3. The van der Waals surface area contributed by atoms with Crippen molar-refractivity contribution in [2.24, 2.45) is 0 Å². The molecule has 0 amide bonds. The third-order valence-electron chi connectivity index (χ3n) is 4.50. The highest BCUT2D eigenvalue weighted by Gasteiger charge is 2.50. The highest BCUT2D eigenvalue weighted by atomic mass is 16.6.